The molecule has 0 aromatic carbocycles. The lowest BCUT2D eigenvalue weighted by atomic mass is 9.82. The quantitative estimate of drug-likeness (QED) is 0.382. The van der Waals surface area contributed by atoms with Crippen molar-refractivity contribution in [3.8, 4) is 0 Å². The Morgan fingerprint density at radius 2 is 1.38 bits per heavy atom. The Morgan fingerprint density at radius 1 is 0.867 bits per heavy atom. The van der Waals surface area contributed by atoms with Crippen LogP contribution in [0.4, 0.5) is 39.5 Å². The Kier molecular flexibility index (Phi) is 14.6. The number of likely N-dealkylation sites (tertiary alicyclic amines) is 1. The summed E-state index contributed by atoms with van der Waals surface area (Å²) in [5, 5.41) is 21.4. The van der Waals surface area contributed by atoms with Crippen LogP contribution < -0.4 is 0 Å². The van der Waals surface area contributed by atoms with Crippen molar-refractivity contribution in [2.24, 2.45) is 11.3 Å². The van der Waals surface area contributed by atoms with Gasteiger partial charge in [0.15, 0.2) is 0 Å². The Bertz CT molecular complexity index is 1160. The number of carboxylic acid groups (broad SMARTS) is 3. The monoisotopic (exact) mass is 667 g/mol. The van der Waals surface area contributed by atoms with Gasteiger partial charge in [-0.05, 0) is 29.8 Å². The summed E-state index contributed by atoms with van der Waals surface area (Å²) in [6.07, 6.45) is -9.77. The Morgan fingerprint density at radius 3 is 1.82 bits per heavy atom. The molecule has 0 saturated carbocycles. The zero-order chi connectivity index (χ0) is 34.5. The molecule has 45 heavy (non-hydrogen) atoms. The molecule has 0 amide bonds. The number of nitrogens with zero attached hydrogens (tertiary/aromatic N) is 3. The highest BCUT2D eigenvalue weighted by molar-refractivity contribution is 5.73. The molecule has 2 aliphatic rings. The first kappa shape index (κ1) is 39.0. The fourth-order valence-corrected chi connectivity index (χ4v) is 3.84. The van der Waals surface area contributed by atoms with E-state index in [1.807, 2.05) is 36.8 Å². The first-order valence-corrected chi connectivity index (χ1v) is 12.2. The maximum atomic E-state index is 10.6. The van der Waals surface area contributed by atoms with Gasteiger partial charge in [0.25, 0.3) is 0 Å². The molecule has 0 bridgehead atoms. The first-order chi connectivity index (χ1) is 20.7. The van der Waals surface area contributed by atoms with E-state index in [1.165, 1.54) is 5.56 Å². The van der Waals surface area contributed by atoms with Gasteiger partial charge in [0, 0.05) is 49.6 Å². The van der Waals surface area contributed by atoms with Crippen LogP contribution in [0.5, 0.6) is 0 Å². The third-order valence-corrected chi connectivity index (χ3v) is 5.84. The topological polar surface area (TPSA) is 159 Å². The van der Waals surface area contributed by atoms with E-state index < -0.39 is 36.4 Å². The van der Waals surface area contributed by atoms with Gasteiger partial charge in [0.2, 0.25) is 0 Å². The summed E-state index contributed by atoms with van der Waals surface area (Å²) in [5.74, 6) is -7.72. The average molecular weight is 667 g/mol. The lowest BCUT2D eigenvalue weighted by Crippen LogP contribution is -2.35. The molecule has 2 aliphatic heterocycles. The van der Waals surface area contributed by atoms with Crippen LogP contribution >= 0.6 is 0 Å². The van der Waals surface area contributed by atoms with Gasteiger partial charge in [-0.1, -0.05) is 6.07 Å². The fourth-order valence-electron chi connectivity index (χ4n) is 3.84. The Hall–Kier alpha value is -4.04. The van der Waals surface area contributed by atoms with E-state index >= 15 is 0 Å². The molecule has 2 aromatic heterocycles. The number of hydrogen-bond acceptors (Lipinski definition) is 8. The molecular formula is C25H26F9N3O8. The first-order valence-electron chi connectivity index (χ1n) is 12.2. The number of pyridine rings is 2. The van der Waals surface area contributed by atoms with Crippen LogP contribution in [0, 0.1) is 11.3 Å². The highest BCUT2D eigenvalue weighted by Gasteiger charge is 2.50. The summed E-state index contributed by atoms with van der Waals surface area (Å²) in [5.41, 5.74) is 2.42. The van der Waals surface area contributed by atoms with E-state index in [0.717, 1.165) is 45.1 Å². The molecule has 0 aliphatic carbocycles. The molecule has 0 unspecified atom stereocenters. The van der Waals surface area contributed by atoms with E-state index in [-0.39, 0.29) is 5.41 Å². The smallest absolute Gasteiger partial charge is 0.475 e. The molecule has 2 saturated heterocycles. The number of ether oxygens (including phenoxy) is 2. The second kappa shape index (κ2) is 16.9. The molecule has 2 atom stereocenters. The van der Waals surface area contributed by atoms with Crippen molar-refractivity contribution in [1.29, 1.82) is 0 Å². The molecule has 0 radical (unpaired) electrons. The van der Waals surface area contributed by atoms with Gasteiger partial charge < -0.3 is 24.8 Å². The zero-order valence-corrected chi connectivity index (χ0v) is 22.8. The van der Waals surface area contributed by atoms with E-state index in [0.29, 0.717) is 12.5 Å². The lowest BCUT2D eigenvalue weighted by Gasteiger charge is -2.27. The molecule has 2 aromatic rings. The number of alkyl halides is 9. The molecule has 4 heterocycles. The minimum Gasteiger partial charge on any atom is -0.475 e. The predicted octanol–water partition coefficient (Wildman–Crippen LogP) is 4.04. The molecule has 2 fully saturated rings. The number of hydrogen-bond donors (Lipinski definition) is 3. The molecular weight excluding hydrogens is 641 g/mol. The Labute approximate surface area is 248 Å². The predicted molar refractivity (Wildman–Crippen MR) is 131 cm³/mol. The lowest BCUT2D eigenvalue weighted by molar-refractivity contribution is -0.193. The van der Waals surface area contributed by atoms with Gasteiger partial charge in [0.05, 0.1) is 32.1 Å². The number of carboxylic acids is 3. The van der Waals surface area contributed by atoms with Crippen molar-refractivity contribution < 1.29 is 78.7 Å². The van der Waals surface area contributed by atoms with Crippen molar-refractivity contribution in [2.45, 2.75) is 31.7 Å². The standard InChI is InChI=1S/C19H23N3O2.3C2HF3O2/c1-2-6-21-18(3-1)10-22-9-17-12-24-15-19(17,13-22)14-23-11-16-4-7-20-8-5-16;3*3-2(4,5)1(6)7/h1-8,17H,9-15H2;3*(H,6,7)/t17-,19-;;;/m1.../s1. The molecule has 0 spiro atoms. The van der Waals surface area contributed by atoms with Crippen LogP contribution in [0.2, 0.25) is 0 Å². The van der Waals surface area contributed by atoms with E-state index in [9.17, 15) is 39.5 Å². The van der Waals surface area contributed by atoms with Crippen LogP contribution in [0.3, 0.4) is 0 Å². The summed E-state index contributed by atoms with van der Waals surface area (Å²) in [7, 11) is 0. The average Bonchev–Trinajstić information content (AvgIpc) is 3.46. The highest BCUT2D eigenvalue weighted by atomic mass is 19.4. The van der Waals surface area contributed by atoms with E-state index in [1.54, 1.807) is 0 Å². The summed E-state index contributed by atoms with van der Waals surface area (Å²) < 4.78 is 107. The second-order valence-electron chi connectivity index (χ2n) is 9.32. The van der Waals surface area contributed by atoms with Gasteiger partial charge in [-0.3, -0.25) is 14.9 Å². The van der Waals surface area contributed by atoms with Gasteiger partial charge in [-0.25, -0.2) is 14.4 Å². The summed E-state index contributed by atoms with van der Waals surface area (Å²) in [4.78, 5) is 37.7. The maximum Gasteiger partial charge on any atom is 0.490 e. The largest absolute Gasteiger partial charge is 0.490 e. The summed E-state index contributed by atoms with van der Waals surface area (Å²) in [6.45, 7) is 6.02. The second-order valence-corrected chi connectivity index (χ2v) is 9.32. The van der Waals surface area contributed by atoms with Crippen molar-refractivity contribution in [2.75, 3.05) is 32.9 Å². The van der Waals surface area contributed by atoms with Crippen molar-refractivity contribution >= 4 is 17.9 Å². The minimum atomic E-state index is -5.08. The third kappa shape index (κ3) is 14.5. The SMILES string of the molecule is O=C(O)C(F)(F)F.O=C(O)C(F)(F)F.O=C(O)C(F)(F)F.c1ccc(CN2C[C@@H]3COC[C@]3(COCc3ccncc3)C2)nc1. The molecule has 11 nitrogen and oxygen atoms in total. The number of halogens is 9. The molecule has 252 valence electrons. The highest BCUT2D eigenvalue weighted by Crippen LogP contribution is 2.42. The number of aromatic nitrogens is 2. The van der Waals surface area contributed by atoms with Crippen LogP contribution in [0.15, 0.2) is 48.9 Å². The number of fused-ring (bicyclic) bond motifs is 1. The van der Waals surface area contributed by atoms with Crippen molar-refractivity contribution in [1.82, 2.24) is 14.9 Å². The maximum absolute atomic E-state index is 10.6. The van der Waals surface area contributed by atoms with Gasteiger partial charge >= 0.3 is 36.4 Å². The molecule has 3 N–H and O–H groups in total. The van der Waals surface area contributed by atoms with Crippen molar-refractivity contribution in [3.63, 3.8) is 0 Å². The Balaban J connectivity index is 0.000000396. The number of aliphatic carboxylic acids is 3. The number of rotatable bonds is 6. The van der Waals surface area contributed by atoms with Crippen LogP contribution in [-0.4, -0.2) is 99.5 Å². The van der Waals surface area contributed by atoms with E-state index in [2.05, 4.69) is 27.0 Å². The van der Waals surface area contributed by atoms with Crippen LogP contribution in [0.1, 0.15) is 11.3 Å². The van der Waals surface area contributed by atoms with Crippen molar-refractivity contribution in [3.05, 3.63) is 60.2 Å². The fraction of sp³-hybridized carbons (Fsp3) is 0.480. The van der Waals surface area contributed by atoms with Gasteiger partial charge in [0.1, 0.15) is 0 Å². The zero-order valence-electron chi connectivity index (χ0n) is 22.8. The van der Waals surface area contributed by atoms with Gasteiger partial charge in [-0.2, -0.15) is 39.5 Å². The number of carbonyl (C=O) groups is 3. The van der Waals surface area contributed by atoms with Crippen LogP contribution in [0.25, 0.3) is 0 Å². The normalized spacial score (nSPS) is 19.4. The van der Waals surface area contributed by atoms with Crippen LogP contribution in [-0.2, 0) is 37.0 Å². The third-order valence-electron chi connectivity index (χ3n) is 5.84. The summed E-state index contributed by atoms with van der Waals surface area (Å²) in [6, 6.07) is 10.1. The summed E-state index contributed by atoms with van der Waals surface area (Å²) >= 11 is 0. The van der Waals surface area contributed by atoms with Gasteiger partial charge in [-0.15, -0.1) is 0 Å². The molecule has 4 rings (SSSR count). The molecule has 20 heteroatoms. The van der Waals surface area contributed by atoms with E-state index in [4.69, 9.17) is 39.2 Å². The minimum absolute atomic E-state index is 0.127.